The van der Waals surface area contributed by atoms with E-state index in [1.165, 1.54) is 5.56 Å². The van der Waals surface area contributed by atoms with E-state index in [1.807, 2.05) is 24.3 Å². The fourth-order valence-electron chi connectivity index (χ4n) is 3.05. The molecule has 1 fully saturated rings. The Balaban J connectivity index is 1.70. The maximum atomic E-state index is 9.58. The molecule has 1 aromatic heterocycles. The Morgan fingerprint density at radius 3 is 2.50 bits per heavy atom. The molecule has 3 rings (SSSR count). The maximum absolute atomic E-state index is 9.58. The maximum Gasteiger partial charge on any atom is 0.128 e. The number of aliphatic hydroxyl groups excluding tert-OH is 1. The molecular weight excluding hydrogens is 274 g/mol. The van der Waals surface area contributed by atoms with E-state index in [-0.39, 0.29) is 6.10 Å². The fourth-order valence-corrected chi connectivity index (χ4v) is 3.05. The van der Waals surface area contributed by atoms with Crippen LogP contribution in [0.1, 0.15) is 36.8 Å². The number of anilines is 2. The first kappa shape index (κ1) is 14.9. The summed E-state index contributed by atoms with van der Waals surface area (Å²) in [7, 11) is 0. The minimum Gasteiger partial charge on any atom is -0.393 e. The third kappa shape index (κ3) is 3.98. The minimum absolute atomic E-state index is 0.138. The highest BCUT2D eigenvalue weighted by atomic mass is 16.3. The van der Waals surface area contributed by atoms with Crippen molar-refractivity contribution in [3.63, 3.8) is 0 Å². The molecule has 4 N–H and O–H groups in total. The average Bonchev–Trinajstić information content (AvgIpc) is 2.50. The van der Waals surface area contributed by atoms with E-state index in [9.17, 15) is 5.11 Å². The van der Waals surface area contributed by atoms with Crippen LogP contribution in [0.3, 0.4) is 0 Å². The fraction of sp³-hybridized carbons (Fsp3) is 0.389. The molecule has 1 heterocycles. The predicted octanol–water partition coefficient (Wildman–Crippen LogP) is 2.97. The molecule has 0 atom stereocenters. The van der Waals surface area contributed by atoms with Crippen LogP contribution in [0.25, 0.3) is 0 Å². The summed E-state index contributed by atoms with van der Waals surface area (Å²) in [4.78, 5) is 4.39. The number of rotatable bonds is 4. The molecule has 0 amide bonds. The van der Waals surface area contributed by atoms with Crippen LogP contribution in [0.2, 0.25) is 0 Å². The summed E-state index contributed by atoms with van der Waals surface area (Å²) in [6.45, 7) is 0. The summed E-state index contributed by atoms with van der Waals surface area (Å²) < 4.78 is 0. The van der Waals surface area contributed by atoms with Gasteiger partial charge in [-0.05, 0) is 55.4 Å². The predicted molar refractivity (Wildman–Crippen MR) is 89.8 cm³/mol. The van der Waals surface area contributed by atoms with Gasteiger partial charge in [-0.1, -0.05) is 30.3 Å². The summed E-state index contributed by atoms with van der Waals surface area (Å²) in [5.74, 6) is 1.39. The molecule has 22 heavy (non-hydrogen) atoms. The summed E-state index contributed by atoms with van der Waals surface area (Å²) in [6, 6.07) is 14.7. The number of aromatic nitrogens is 1. The first-order chi connectivity index (χ1) is 10.7. The normalized spacial score (nSPS) is 21.5. The van der Waals surface area contributed by atoms with Crippen molar-refractivity contribution < 1.29 is 5.11 Å². The van der Waals surface area contributed by atoms with Gasteiger partial charge in [-0.25, -0.2) is 4.98 Å². The molecule has 1 saturated carbocycles. The number of nitrogens with two attached hydrogens (primary N) is 1. The van der Waals surface area contributed by atoms with Crippen LogP contribution in [0.5, 0.6) is 0 Å². The van der Waals surface area contributed by atoms with Gasteiger partial charge in [0.15, 0.2) is 0 Å². The number of hydrogen-bond donors (Lipinski definition) is 3. The van der Waals surface area contributed by atoms with Crippen molar-refractivity contribution in [1.29, 1.82) is 0 Å². The summed E-state index contributed by atoms with van der Waals surface area (Å²) in [5, 5.41) is 13.0. The number of nitrogens with one attached hydrogen (secondary N) is 1. The lowest BCUT2D eigenvalue weighted by Crippen LogP contribution is -2.28. The molecule has 0 saturated heterocycles. The second kappa shape index (κ2) is 6.79. The van der Waals surface area contributed by atoms with Crippen molar-refractivity contribution in [3.05, 3.63) is 53.6 Å². The van der Waals surface area contributed by atoms with Gasteiger partial charge in [0.2, 0.25) is 0 Å². The second-order valence-corrected chi connectivity index (χ2v) is 6.10. The highest BCUT2D eigenvalue weighted by Crippen LogP contribution is 2.23. The highest BCUT2D eigenvalue weighted by Gasteiger charge is 2.19. The minimum atomic E-state index is -0.138. The topological polar surface area (TPSA) is 71.2 Å². The number of nitrogens with zero attached hydrogens (tertiary/aromatic N) is 1. The Morgan fingerprint density at radius 1 is 1.05 bits per heavy atom. The molecule has 116 valence electrons. The van der Waals surface area contributed by atoms with Gasteiger partial charge < -0.3 is 16.2 Å². The molecule has 1 aromatic carbocycles. The molecule has 4 nitrogen and oxygen atoms in total. The van der Waals surface area contributed by atoms with Crippen molar-refractivity contribution in [2.75, 3.05) is 11.1 Å². The van der Waals surface area contributed by atoms with E-state index in [0.29, 0.717) is 11.9 Å². The zero-order chi connectivity index (χ0) is 15.4. The van der Waals surface area contributed by atoms with Crippen LogP contribution in [0.15, 0.2) is 42.5 Å². The average molecular weight is 297 g/mol. The number of aliphatic hydroxyl groups is 1. The van der Waals surface area contributed by atoms with Crippen LogP contribution >= 0.6 is 0 Å². The van der Waals surface area contributed by atoms with E-state index in [1.54, 1.807) is 0 Å². The van der Waals surface area contributed by atoms with E-state index in [2.05, 4.69) is 28.5 Å². The van der Waals surface area contributed by atoms with Crippen molar-refractivity contribution >= 4 is 11.6 Å². The Labute approximate surface area is 131 Å². The van der Waals surface area contributed by atoms with Gasteiger partial charge >= 0.3 is 0 Å². The molecule has 1 aliphatic carbocycles. The Kier molecular flexibility index (Phi) is 4.59. The Hall–Kier alpha value is -2.07. The van der Waals surface area contributed by atoms with Gasteiger partial charge in [0.05, 0.1) is 6.10 Å². The van der Waals surface area contributed by atoms with Crippen LogP contribution in [-0.2, 0) is 6.42 Å². The van der Waals surface area contributed by atoms with Crippen molar-refractivity contribution in [3.8, 4) is 0 Å². The molecule has 1 aliphatic rings. The lowest BCUT2D eigenvalue weighted by atomic mass is 9.93. The smallest absolute Gasteiger partial charge is 0.128 e. The van der Waals surface area contributed by atoms with Crippen LogP contribution < -0.4 is 11.1 Å². The zero-order valence-electron chi connectivity index (χ0n) is 12.7. The van der Waals surface area contributed by atoms with Crippen molar-refractivity contribution in [1.82, 2.24) is 4.98 Å². The Morgan fingerprint density at radius 2 is 1.77 bits per heavy atom. The molecule has 0 spiro atoms. The molecular formula is C18H23N3O. The van der Waals surface area contributed by atoms with E-state index >= 15 is 0 Å². The van der Waals surface area contributed by atoms with Gasteiger partial charge in [-0.3, -0.25) is 0 Å². The van der Waals surface area contributed by atoms with Crippen molar-refractivity contribution in [2.24, 2.45) is 0 Å². The first-order valence-corrected chi connectivity index (χ1v) is 7.94. The molecule has 0 radical (unpaired) electrons. The van der Waals surface area contributed by atoms with Crippen molar-refractivity contribution in [2.45, 2.75) is 44.2 Å². The van der Waals surface area contributed by atoms with Gasteiger partial charge in [-0.2, -0.15) is 0 Å². The first-order valence-electron chi connectivity index (χ1n) is 7.94. The van der Waals surface area contributed by atoms with E-state index in [0.717, 1.165) is 43.5 Å². The lowest BCUT2D eigenvalue weighted by molar-refractivity contribution is 0.126. The molecule has 4 heteroatoms. The van der Waals surface area contributed by atoms with E-state index in [4.69, 9.17) is 5.73 Å². The summed E-state index contributed by atoms with van der Waals surface area (Å²) in [5.41, 5.74) is 8.38. The standard InChI is InChI=1S/C18H23N3O/c19-17-11-14(10-13-4-2-1-3-5-13)12-18(21-17)20-15-6-8-16(22)9-7-15/h1-5,11-12,15-16,22H,6-10H2,(H3,19,20,21)/t15-,16-. The molecule has 0 aliphatic heterocycles. The quantitative estimate of drug-likeness (QED) is 0.811. The Bertz CT molecular complexity index is 607. The van der Waals surface area contributed by atoms with Crippen LogP contribution in [-0.4, -0.2) is 22.2 Å². The number of benzene rings is 1. The van der Waals surface area contributed by atoms with Gasteiger partial charge in [0, 0.05) is 6.04 Å². The third-order valence-corrected chi connectivity index (χ3v) is 4.20. The van der Waals surface area contributed by atoms with Crippen LogP contribution in [0, 0.1) is 0 Å². The summed E-state index contributed by atoms with van der Waals surface area (Å²) in [6.07, 6.45) is 4.39. The third-order valence-electron chi connectivity index (χ3n) is 4.20. The number of pyridine rings is 1. The summed E-state index contributed by atoms with van der Waals surface area (Å²) >= 11 is 0. The van der Waals surface area contributed by atoms with Crippen LogP contribution in [0.4, 0.5) is 11.6 Å². The van der Waals surface area contributed by atoms with Gasteiger partial charge in [0.1, 0.15) is 11.6 Å². The highest BCUT2D eigenvalue weighted by molar-refractivity contribution is 5.48. The zero-order valence-corrected chi connectivity index (χ0v) is 12.7. The number of nitrogen functional groups attached to an aromatic ring is 1. The van der Waals surface area contributed by atoms with E-state index < -0.39 is 0 Å². The lowest BCUT2D eigenvalue weighted by Gasteiger charge is -2.26. The molecule has 2 aromatic rings. The van der Waals surface area contributed by atoms with Gasteiger partial charge in [0.25, 0.3) is 0 Å². The second-order valence-electron chi connectivity index (χ2n) is 6.10. The SMILES string of the molecule is Nc1cc(Cc2ccccc2)cc(N[C@H]2CC[C@H](O)CC2)n1. The molecule has 0 unspecified atom stereocenters. The number of hydrogen-bond acceptors (Lipinski definition) is 4. The largest absolute Gasteiger partial charge is 0.393 e. The monoisotopic (exact) mass is 297 g/mol. The molecule has 0 bridgehead atoms. The van der Waals surface area contributed by atoms with Gasteiger partial charge in [-0.15, -0.1) is 0 Å².